The first-order valence-corrected chi connectivity index (χ1v) is 6.33. The van der Waals surface area contributed by atoms with Crippen molar-refractivity contribution in [3.8, 4) is 0 Å². The highest BCUT2D eigenvalue weighted by Crippen LogP contribution is 2.14. The molecular formula is C12H26N2O. The van der Waals surface area contributed by atoms with Crippen LogP contribution in [-0.2, 0) is 4.74 Å². The standard InChI is InChI=1S/C12H26N2O/c1-4-14(8-9-15-5-2)12-6-7-13-11(3)10-12/h11-13H,4-10H2,1-3H3. The minimum absolute atomic E-state index is 0.671. The van der Waals surface area contributed by atoms with Gasteiger partial charge in [0.2, 0.25) is 0 Å². The number of rotatable bonds is 6. The van der Waals surface area contributed by atoms with Crippen molar-refractivity contribution in [3.05, 3.63) is 0 Å². The van der Waals surface area contributed by atoms with Gasteiger partial charge in [0.1, 0.15) is 0 Å². The molecule has 0 spiro atoms. The molecule has 90 valence electrons. The lowest BCUT2D eigenvalue weighted by Crippen LogP contribution is -2.47. The largest absolute Gasteiger partial charge is 0.380 e. The summed E-state index contributed by atoms with van der Waals surface area (Å²) >= 11 is 0. The van der Waals surface area contributed by atoms with Crippen molar-refractivity contribution in [2.24, 2.45) is 0 Å². The lowest BCUT2D eigenvalue weighted by atomic mass is 9.99. The molecule has 1 heterocycles. The molecule has 1 fully saturated rings. The van der Waals surface area contributed by atoms with Crippen molar-refractivity contribution in [3.63, 3.8) is 0 Å². The van der Waals surface area contributed by atoms with Crippen LogP contribution in [0.25, 0.3) is 0 Å². The van der Waals surface area contributed by atoms with E-state index in [9.17, 15) is 0 Å². The maximum absolute atomic E-state index is 5.43. The third-order valence-corrected chi connectivity index (χ3v) is 3.25. The monoisotopic (exact) mass is 214 g/mol. The van der Waals surface area contributed by atoms with E-state index in [2.05, 4.69) is 31.0 Å². The van der Waals surface area contributed by atoms with Gasteiger partial charge in [0.15, 0.2) is 0 Å². The second kappa shape index (κ2) is 7.20. The number of piperidine rings is 1. The molecule has 0 amide bonds. The smallest absolute Gasteiger partial charge is 0.0593 e. The minimum atomic E-state index is 0.671. The fraction of sp³-hybridized carbons (Fsp3) is 1.00. The van der Waals surface area contributed by atoms with E-state index in [1.807, 2.05) is 0 Å². The summed E-state index contributed by atoms with van der Waals surface area (Å²) < 4.78 is 5.43. The van der Waals surface area contributed by atoms with Gasteiger partial charge < -0.3 is 10.1 Å². The predicted octanol–water partition coefficient (Wildman–Crippen LogP) is 1.49. The molecule has 0 bridgehead atoms. The van der Waals surface area contributed by atoms with E-state index in [4.69, 9.17) is 4.74 Å². The highest BCUT2D eigenvalue weighted by molar-refractivity contribution is 4.81. The quantitative estimate of drug-likeness (QED) is 0.678. The van der Waals surface area contributed by atoms with E-state index >= 15 is 0 Å². The fourth-order valence-corrected chi connectivity index (χ4v) is 2.36. The zero-order chi connectivity index (χ0) is 11.1. The minimum Gasteiger partial charge on any atom is -0.380 e. The highest BCUT2D eigenvalue weighted by Gasteiger charge is 2.22. The van der Waals surface area contributed by atoms with Gasteiger partial charge in [0, 0.05) is 25.2 Å². The first-order valence-electron chi connectivity index (χ1n) is 6.33. The summed E-state index contributed by atoms with van der Waals surface area (Å²) in [6.45, 7) is 11.7. The molecule has 0 aromatic heterocycles. The second-order valence-corrected chi connectivity index (χ2v) is 4.36. The molecule has 15 heavy (non-hydrogen) atoms. The van der Waals surface area contributed by atoms with Crippen LogP contribution < -0.4 is 5.32 Å². The predicted molar refractivity (Wildman–Crippen MR) is 64.2 cm³/mol. The van der Waals surface area contributed by atoms with Crippen LogP contribution in [0.5, 0.6) is 0 Å². The molecule has 1 saturated heterocycles. The maximum Gasteiger partial charge on any atom is 0.0593 e. The number of likely N-dealkylation sites (N-methyl/N-ethyl adjacent to an activating group) is 1. The van der Waals surface area contributed by atoms with Gasteiger partial charge in [-0.2, -0.15) is 0 Å². The number of ether oxygens (including phenoxy) is 1. The van der Waals surface area contributed by atoms with Crippen LogP contribution in [0, 0.1) is 0 Å². The molecule has 2 unspecified atom stereocenters. The van der Waals surface area contributed by atoms with Gasteiger partial charge in [-0.1, -0.05) is 6.92 Å². The highest BCUT2D eigenvalue weighted by atomic mass is 16.5. The first kappa shape index (κ1) is 12.9. The summed E-state index contributed by atoms with van der Waals surface area (Å²) in [5.74, 6) is 0. The lowest BCUT2D eigenvalue weighted by Gasteiger charge is -2.36. The van der Waals surface area contributed by atoms with Crippen molar-refractivity contribution in [2.45, 2.75) is 45.7 Å². The summed E-state index contributed by atoms with van der Waals surface area (Å²) in [5.41, 5.74) is 0. The molecule has 3 heteroatoms. The molecule has 3 nitrogen and oxygen atoms in total. The fourth-order valence-electron chi connectivity index (χ4n) is 2.36. The molecule has 1 N–H and O–H groups in total. The van der Waals surface area contributed by atoms with Gasteiger partial charge in [-0.3, -0.25) is 4.90 Å². The van der Waals surface area contributed by atoms with Gasteiger partial charge in [-0.25, -0.2) is 0 Å². The van der Waals surface area contributed by atoms with Crippen molar-refractivity contribution in [2.75, 3.05) is 32.8 Å². The van der Waals surface area contributed by atoms with Gasteiger partial charge >= 0.3 is 0 Å². The Morgan fingerprint density at radius 3 is 2.80 bits per heavy atom. The third-order valence-electron chi connectivity index (χ3n) is 3.25. The second-order valence-electron chi connectivity index (χ2n) is 4.36. The van der Waals surface area contributed by atoms with Crippen molar-refractivity contribution in [1.82, 2.24) is 10.2 Å². The Kier molecular flexibility index (Phi) is 6.22. The van der Waals surface area contributed by atoms with Crippen LogP contribution in [0.4, 0.5) is 0 Å². The van der Waals surface area contributed by atoms with Crippen LogP contribution in [0.15, 0.2) is 0 Å². The lowest BCUT2D eigenvalue weighted by molar-refractivity contribution is 0.0828. The Bertz CT molecular complexity index is 164. The van der Waals surface area contributed by atoms with E-state index in [1.165, 1.54) is 12.8 Å². The Morgan fingerprint density at radius 2 is 2.20 bits per heavy atom. The number of hydrogen-bond donors (Lipinski definition) is 1. The molecule has 0 aliphatic carbocycles. The number of nitrogens with one attached hydrogen (secondary N) is 1. The Balaban J connectivity index is 2.29. The molecule has 0 aromatic rings. The topological polar surface area (TPSA) is 24.5 Å². The SMILES string of the molecule is CCOCCN(CC)C1CCNC(C)C1. The van der Waals surface area contributed by atoms with E-state index in [0.717, 1.165) is 38.9 Å². The Hall–Kier alpha value is -0.120. The maximum atomic E-state index is 5.43. The summed E-state index contributed by atoms with van der Waals surface area (Å²) in [7, 11) is 0. The van der Waals surface area contributed by atoms with E-state index in [1.54, 1.807) is 0 Å². The van der Waals surface area contributed by atoms with Crippen LogP contribution in [0.2, 0.25) is 0 Å². The number of nitrogens with zero attached hydrogens (tertiary/aromatic N) is 1. The molecule has 1 aliphatic rings. The van der Waals surface area contributed by atoms with E-state index in [-0.39, 0.29) is 0 Å². The third kappa shape index (κ3) is 4.49. The van der Waals surface area contributed by atoms with Crippen LogP contribution in [-0.4, -0.2) is 49.8 Å². The van der Waals surface area contributed by atoms with E-state index < -0.39 is 0 Å². The van der Waals surface area contributed by atoms with Gasteiger partial charge in [-0.15, -0.1) is 0 Å². The molecule has 1 aliphatic heterocycles. The molecule has 1 rings (SSSR count). The molecule has 2 atom stereocenters. The zero-order valence-corrected chi connectivity index (χ0v) is 10.5. The summed E-state index contributed by atoms with van der Waals surface area (Å²) in [4.78, 5) is 2.56. The molecule has 0 aromatic carbocycles. The average Bonchev–Trinajstić information content (AvgIpc) is 2.24. The summed E-state index contributed by atoms with van der Waals surface area (Å²) in [5, 5.41) is 3.50. The average molecular weight is 214 g/mol. The molecule has 0 radical (unpaired) electrons. The first-order chi connectivity index (χ1) is 7.27. The molecule has 0 saturated carbocycles. The zero-order valence-electron chi connectivity index (χ0n) is 10.5. The Labute approximate surface area is 94.2 Å². The van der Waals surface area contributed by atoms with Crippen LogP contribution in [0.1, 0.15) is 33.6 Å². The van der Waals surface area contributed by atoms with Crippen molar-refractivity contribution < 1.29 is 4.74 Å². The Morgan fingerprint density at radius 1 is 1.40 bits per heavy atom. The normalized spacial score (nSPS) is 27.2. The summed E-state index contributed by atoms with van der Waals surface area (Å²) in [6.07, 6.45) is 2.56. The van der Waals surface area contributed by atoms with Crippen molar-refractivity contribution in [1.29, 1.82) is 0 Å². The molecular weight excluding hydrogens is 188 g/mol. The van der Waals surface area contributed by atoms with Crippen molar-refractivity contribution >= 4 is 0 Å². The number of hydrogen-bond acceptors (Lipinski definition) is 3. The van der Waals surface area contributed by atoms with Crippen LogP contribution >= 0.6 is 0 Å². The van der Waals surface area contributed by atoms with Crippen LogP contribution in [0.3, 0.4) is 0 Å². The van der Waals surface area contributed by atoms with Gasteiger partial charge in [-0.05, 0) is 39.8 Å². The van der Waals surface area contributed by atoms with Gasteiger partial charge in [0.25, 0.3) is 0 Å². The van der Waals surface area contributed by atoms with Gasteiger partial charge in [0.05, 0.1) is 6.61 Å². The van der Waals surface area contributed by atoms with E-state index in [0.29, 0.717) is 6.04 Å². The summed E-state index contributed by atoms with van der Waals surface area (Å²) in [6, 6.07) is 1.43.